The average molecular weight is 611 g/mol. The molecule has 2 aliphatic rings. The summed E-state index contributed by atoms with van der Waals surface area (Å²) in [6, 6.07) is 42.1. The van der Waals surface area contributed by atoms with E-state index in [0.717, 1.165) is 50.8 Å². The van der Waals surface area contributed by atoms with Crippen LogP contribution in [0.4, 0.5) is 0 Å². The van der Waals surface area contributed by atoms with Gasteiger partial charge in [-0.3, -0.25) is 0 Å². The van der Waals surface area contributed by atoms with Crippen LogP contribution in [0.5, 0.6) is 0 Å². The van der Waals surface area contributed by atoms with Gasteiger partial charge in [-0.1, -0.05) is 117 Å². The van der Waals surface area contributed by atoms with Crippen LogP contribution >= 0.6 is 0 Å². The van der Waals surface area contributed by atoms with Crippen molar-refractivity contribution in [2.24, 2.45) is 17.8 Å². The van der Waals surface area contributed by atoms with E-state index in [1.54, 1.807) is 0 Å². The lowest BCUT2D eigenvalue weighted by molar-refractivity contribution is 0.0780. The van der Waals surface area contributed by atoms with Crippen LogP contribution in [-0.4, -0.2) is 15.0 Å². The largest absolute Gasteiger partial charge is 0.208 e. The molecule has 47 heavy (non-hydrogen) atoms. The maximum absolute atomic E-state index is 9.49. The van der Waals surface area contributed by atoms with Crippen molar-refractivity contribution in [3.8, 4) is 51.4 Å². The smallest absolute Gasteiger partial charge is 0.164 e. The zero-order valence-corrected chi connectivity index (χ0v) is 27.0. The highest BCUT2D eigenvalue weighted by Crippen LogP contribution is 2.54. The molecule has 230 valence electrons. The SMILES string of the molecule is C[C@@H]1CC2C[C@H](C)CC(c3ccc(-c4ccccc4-c4nc(-c5ccccc5)nc(-c5cccc6cc(C#N)ccc56)n4)cc3)(C2)C1. The van der Waals surface area contributed by atoms with Gasteiger partial charge in [-0.25, -0.2) is 15.0 Å². The number of hydrogen-bond acceptors (Lipinski definition) is 4. The Bertz CT molecular complexity index is 2110. The molecule has 0 saturated heterocycles. The Morgan fingerprint density at radius 3 is 1.96 bits per heavy atom. The van der Waals surface area contributed by atoms with E-state index in [1.807, 2.05) is 60.7 Å². The van der Waals surface area contributed by atoms with Crippen LogP contribution in [0.15, 0.2) is 115 Å². The molecular weight excluding hydrogens is 573 g/mol. The number of rotatable bonds is 5. The van der Waals surface area contributed by atoms with E-state index < -0.39 is 0 Å². The third-order valence-corrected chi connectivity index (χ3v) is 10.5. The summed E-state index contributed by atoms with van der Waals surface area (Å²) in [4.78, 5) is 15.2. The number of fused-ring (bicyclic) bond motifs is 3. The number of nitrogens with zero attached hydrogens (tertiary/aromatic N) is 4. The topological polar surface area (TPSA) is 62.5 Å². The lowest BCUT2D eigenvalue weighted by atomic mass is 9.54. The molecule has 2 fully saturated rings. The van der Waals surface area contributed by atoms with Crippen LogP contribution in [0, 0.1) is 29.1 Å². The van der Waals surface area contributed by atoms with E-state index in [2.05, 4.69) is 74.5 Å². The predicted octanol–water partition coefficient (Wildman–Crippen LogP) is 10.7. The second kappa shape index (κ2) is 11.9. The third-order valence-electron chi connectivity index (χ3n) is 10.5. The van der Waals surface area contributed by atoms with Crippen molar-refractivity contribution in [1.82, 2.24) is 15.0 Å². The molecule has 8 rings (SSSR count). The first-order valence-corrected chi connectivity index (χ1v) is 16.9. The zero-order valence-electron chi connectivity index (χ0n) is 27.0. The Hall–Kier alpha value is -5.14. The van der Waals surface area contributed by atoms with Crippen molar-refractivity contribution in [3.63, 3.8) is 0 Å². The number of nitriles is 1. The Labute approximate surface area is 277 Å². The van der Waals surface area contributed by atoms with Crippen molar-refractivity contribution in [1.29, 1.82) is 5.26 Å². The molecule has 0 amide bonds. The Balaban J connectivity index is 1.24. The summed E-state index contributed by atoms with van der Waals surface area (Å²) in [6.07, 6.45) is 6.70. The minimum Gasteiger partial charge on any atom is -0.208 e. The molecule has 1 aromatic heterocycles. The van der Waals surface area contributed by atoms with Crippen molar-refractivity contribution < 1.29 is 0 Å². The lowest BCUT2D eigenvalue weighted by Crippen LogP contribution is -2.42. The molecule has 5 aromatic carbocycles. The van der Waals surface area contributed by atoms with Crippen molar-refractivity contribution in [2.75, 3.05) is 0 Å². The summed E-state index contributed by atoms with van der Waals surface area (Å²) in [7, 11) is 0. The summed E-state index contributed by atoms with van der Waals surface area (Å²) in [5, 5.41) is 11.5. The number of aromatic nitrogens is 3. The van der Waals surface area contributed by atoms with Gasteiger partial charge in [0.05, 0.1) is 11.6 Å². The van der Waals surface area contributed by atoms with Gasteiger partial charge in [0.15, 0.2) is 17.5 Å². The van der Waals surface area contributed by atoms with Gasteiger partial charge in [-0.05, 0) is 94.9 Å². The van der Waals surface area contributed by atoms with Crippen LogP contribution in [0.1, 0.15) is 57.1 Å². The van der Waals surface area contributed by atoms with Gasteiger partial charge in [0.25, 0.3) is 0 Å². The molecule has 2 bridgehead atoms. The Kier molecular flexibility index (Phi) is 7.41. The minimum atomic E-state index is 0.304. The number of hydrogen-bond donors (Lipinski definition) is 0. The van der Waals surface area contributed by atoms with Crippen LogP contribution in [0.3, 0.4) is 0 Å². The molecular formula is C43H38N4. The average Bonchev–Trinajstić information content (AvgIpc) is 3.10. The van der Waals surface area contributed by atoms with Crippen molar-refractivity contribution >= 4 is 10.8 Å². The van der Waals surface area contributed by atoms with Gasteiger partial charge in [0, 0.05) is 16.7 Å². The highest BCUT2D eigenvalue weighted by Gasteiger charge is 2.45. The van der Waals surface area contributed by atoms with Crippen LogP contribution < -0.4 is 0 Å². The van der Waals surface area contributed by atoms with E-state index in [4.69, 9.17) is 15.0 Å². The number of benzene rings is 5. The zero-order chi connectivity index (χ0) is 32.0. The van der Waals surface area contributed by atoms with E-state index in [-0.39, 0.29) is 0 Å². The maximum atomic E-state index is 9.49. The normalized spacial score (nSPS) is 22.1. The molecule has 0 N–H and O–H groups in total. The van der Waals surface area contributed by atoms with E-state index in [1.165, 1.54) is 43.2 Å². The summed E-state index contributed by atoms with van der Waals surface area (Å²) in [6.45, 7) is 4.91. The quantitative estimate of drug-likeness (QED) is 0.195. The summed E-state index contributed by atoms with van der Waals surface area (Å²) >= 11 is 0. The third kappa shape index (κ3) is 5.51. The fourth-order valence-corrected chi connectivity index (χ4v) is 8.87. The Morgan fingerprint density at radius 1 is 0.596 bits per heavy atom. The fraction of sp³-hybridized carbons (Fsp3) is 0.256. The van der Waals surface area contributed by atoms with E-state index in [9.17, 15) is 5.26 Å². The first-order valence-electron chi connectivity index (χ1n) is 16.9. The first kappa shape index (κ1) is 29.3. The van der Waals surface area contributed by atoms with Gasteiger partial charge in [0.2, 0.25) is 0 Å². The molecule has 2 saturated carbocycles. The van der Waals surface area contributed by atoms with E-state index >= 15 is 0 Å². The second-order valence-electron chi connectivity index (χ2n) is 14.1. The fourth-order valence-electron chi connectivity index (χ4n) is 8.87. The molecule has 4 heteroatoms. The van der Waals surface area contributed by atoms with Gasteiger partial charge in [-0.2, -0.15) is 5.26 Å². The minimum absolute atomic E-state index is 0.304. The second-order valence-corrected chi connectivity index (χ2v) is 14.1. The van der Waals surface area contributed by atoms with Gasteiger partial charge >= 0.3 is 0 Å². The molecule has 4 nitrogen and oxygen atoms in total. The highest BCUT2D eigenvalue weighted by atomic mass is 15.0. The van der Waals surface area contributed by atoms with Crippen LogP contribution in [0.25, 0.3) is 56.1 Å². The first-order chi connectivity index (χ1) is 23.0. The van der Waals surface area contributed by atoms with Gasteiger partial charge in [-0.15, -0.1) is 0 Å². The monoisotopic (exact) mass is 610 g/mol. The van der Waals surface area contributed by atoms with Crippen molar-refractivity contribution in [2.45, 2.75) is 51.4 Å². The van der Waals surface area contributed by atoms with Crippen LogP contribution in [-0.2, 0) is 5.41 Å². The summed E-state index contributed by atoms with van der Waals surface area (Å²) in [5.41, 5.74) is 7.54. The van der Waals surface area contributed by atoms with Gasteiger partial charge in [0.1, 0.15) is 0 Å². The van der Waals surface area contributed by atoms with Crippen LogP contribution in [0.2, 0.25) is 0 Å². The van der Waals surface area contributed by atoms with E-state index in [0.29, 0.717) is 28.5 Å². The van der Waals surface area contributed by atoms with Crippen molar-refractivity contribution in [3.05, 3.63) is 126 Å². The molecule has 1 heterocycles. The summed E-state index contributed by atoms with van der Waals surface area (Å²) in [5.74, 6) is 4.31. The van der Waals surface area contributed by atoms with Gasteiger partial charge < -0.3 is 0 Å². The highest BCUT2D eigenvalue weighted by molar-refractivity contribution is 5.96. The molecule has 0 aliphatic heterocycles. The predicted molar refractivity (Wildman–Crippen MR) is 190 cm³/mol. The molecule has 0 radical (unpaired) electrons. The molecule has 0 spiro atoms. The Morgan fingerprint density at radius 2 is 1.23 bits per heavy atom. The standard InChI is InChI=1S/C43H38N4/c1-28-21-31-22-29(2)25-43(24-28,26-31)35-18-16-32(17-19-35)36-12-6-7-13-38(36)41-45-40(33-9-4-3-5-10-33)46-42(47-41)39-14-8-11-34-23-30(27-44)15-20-37(34)39/h3-20,23,28-29,31H,21-22,24-26H2,1-2H3/t28-,29+,31?,43?. The molecule has 6 aromatic rings. The summed E-state index contributed by atoms with van der Waals surface area (Å²) < 4.78 is 0. The maximum Gasteiger partial charge on any atom is 0.164 e. The molecule has 2 aliphatic carbocycles. The molecule has 2 unspecified atom stereocenters. The molecule has 4 atom stereocenters. The lowest BCUT2D eigenvalue weighted by Gasteiger charge is -2.50.